The first-order valence-corrected chi connectivity index (χ1v) is 13.6. The number of hydrogen-bond donors (Lipinski definition) is 2. The molecule has 9 heteroatoms. The van der Waals surface area contributed by atoms with Gasteiger partial charge < -0.3 is 20.3 Å². The number of phenolic OH excluding ortho intramolecular Hbond substituents is 1. The summed E-state index contributed by atoms with van der Waals surface area (Å²) < 4.78 is 17.8. The number of aromatic hydroxyl groups is 1. The van der Waals surface area contributed by atoms with E-state index in [0.717, 1.165) is 31.7 Å². The zero-order valence-corrected chi connectivity index (χ0v) is 22.5. The molecule has 0 bridgehead atoms. The predicted molar refractivity (Wildman–Crippen MR) is 150 cm³/mol. The van der Waals surface area contributed by atoms with Gasteiger partial charge >= 0.3 is 5.69 Å². The van der Waals surface area contributed by atoms with Crippen molar-refractivity contribution in [3.8, 4) is 33.7 Å². The smallest absolute Gasteiger partial charge is 0.332 e. The second-order valence-electron chi connectivity index (χ2n) is 11.5. The fourth-order valence-corrected chi connectivity index (χ4v) is 7.64. The summed E-state index contributed by atoms with van der Waals surface area (Å²) in [5, 5.41) is 11.6. The molecule has 1 saturated heterocycles. The number of phenols is 1. The van der Waals surface area contributed by atoms with Gasteiger partial charge in [-0.25, -0.2) is 14.2 Å². The number of benzene rings is 2. The van der Waals surface area contributed by atoms with E-state index in [1.807, 2.05) is 6.07 Å². The Hall–Kier alpha value is -3.62. The molecule has 3 fully saturated rings. The molecule has 4 aromatic rings. The number of rotatable bonds is 4. The Kier molecular flexibility index (Phi) is 5.13. The van der Waals surface area contributed by atoms with Gasteiger partial charge in [-0.3, -0.25) is 4.57 Å². The van der Waals surface area contributed by atoms with Crippen LogP contribution in [0.1, 0.15) is 19.8 Å². The van der Waals surface area contributed by atoms with Crippen molar-refractivity contribution in [3.63, 3.8) is 0 Å². The van der Waals surface area contributed by atoms with Crippen LogP contribution in [-0.2, 0) is 7.05 Å². The highest BCUT2D eigenvalue weighted by molar-refractivity contribution is 6.32. The van der Waals surface area contributed by atoms with Crippen LogP contribution in [0.5, 0.6) is 5.75 Å². The second kappa shape index (κ2) is 8.19. The van der Waals surface area contributed by atoms with Crippen LogP contribution in [0.15, 0.2) is 65.8 Å². The maximum atomic E-state index is 14.9. The third-order valence-corrected chi connectivity index (χ3v) is 10.1. The lowest BCUT2D eigenvalue weighted by Gasteiger charge is -2.36. The van der Waals surface area contributed by atoms with Gasteiger partial charge in [0.1, 0.15) is 17.4 Å². The first kappa shape index (κ1) is 24.4. The van der Waals surface area contributed by atoms with E-state index in [0.29, 0.717) is 44.8 Å². The third kappa shape index (κ3) is 3.37. The minimum atomic E-state index is -0.482. The van der Waals surface area contributed by atoms with Crippen LogP contribution in [0.2, 0.25) is 5.02 Å². The molecular weight excluding hydrogens is 517 g/mol. The molecule has 2 aromatic carbocycles. The van der Waals surface area contributed by atoms with Crippen LogP contribution in [0.3, 0.4) is 0 Å². The molecule has 39 heavy (non-hydrogen) atoms. The summed E-state index contributed by atoms with van der Waals surface area (Å²) in [7, 11) is 1.66. The highest BCUT2D eigenvalue weighted by Crippen LogP contribution is 2.74. The van der Waals surface area contributed by atoms with Gasteiger partial charge in [-0.15, -0.1) is 0 Å². The maximum absolute atomic E-state index is 14.9. The van der Waals surface area contributed by atoms with E-state index in [1.54, 1.807) is 49.9 Å². The number of imidazole rings is 1. The standard InChI is InChI=1S/C30H29ClFN5O2/c1-29-19-5-7-30(29,33)25(29)16-36(15-19)26-12-18(6-8-34-26)22-14-20(32)13-21(27(22)38)17-3-4-24(23(31)11-17)37-10-9-35(2)28(37)39/h3-4,6,8-14,19,25,38H,5,7,15-16,33H2,1-2H3. The van der Waals surface area contributed by atoms with E-state index in [4.69, 9.17) is 17.3 Å². The fourth-order valence-electron chi connectivity index (χ4n) is 7.37. The number of aryl methyl sites for hydroxylation is 1. The molecule has 3 heterocycles. The van der Waals surface area contributed by atoms with Gasteiger partial charge in [0.2, 0.25) is 0 Å². The van der Waals surface area contributed by atoms with Crippen molar-refractivity contribution in [2.75, 3.05) is 18.0 Å². The van der Waals surface area contributed by atoms with Crippen LogP contribution in [0.25, 0.3) is 27.9 Å². The highest BCUT2D eigenvalue weighted by atomic mass is 35.5. The largest absolute Gasteiger partial charge is 0.507 e. The second-order valence-corrected chi connectivity index (χ2v) is 11.9. The summed E-state index contributed by atoms with van der Waals surface area (Å²) in [4.78, 5) is 19.3. The predicted octanol–water partition coefficient (Wildman–Crippen LogP) is 4.97. The molecule has 1 aliphatic heterocycles. The topological polar surface area (TPSA) is 89.3 Å². The highest BCUT2D eigenvalue weighted by Gasteiger charge is 2.78. The Labute approximate surface area is 230 Å². The molecule has 0 radical (unpaired) electrons. The normalized spacial score (nSPS) is 27.1. The number of aromatic nitrogens is 3. The average Bonchev–Trinajstić information content (AvgIpc) is 3.09. The molecular formula is C30H29ClFN5O2. The minimum Gasteiger partial charge on any atom is -0.507 e. The summed E-state index contributed by atoms with van der Waals surface area (Å²) in [5.41, 5.74) is 9.08. The Bertz CT molecular complexity index is 1710. The number of halogens is 2. The van der Waals surface area contributed by atoms with E-state index in [9.17, 15) is 14.3 Å². The van der Waals surface area contributed by atoms with Crippen LogP contribution in [0.4, 0.5) is 10.2 Å². The molecule has 2 saturated carbocycles. The Balaban J connectivity index is 1.23. The van der Waals surface area contributed by atoms with E-state index in [1.165, 1.54) is 21.3 Å². The molecule has 4 unspecified atom stereocenters. The number of nitrogens with zero attached hydrogens (tertiary/aromatic N) is 4. The molecule has 7 nitrogen and oxygen atoms in total. The first-order valence-electron chi connectivity index (χ1n) is 13.2. The van der Waals surface area contributed by atoms with Gasteiger partial charge in [-0.1, -0.05) is 24.6 Å². The Morgan fingerprint density at radius 2 is 1.85 bits per heavy atom. The van der Waals surface area contributed by atoms with Crippen molar-refractivity contribution in [2.24, 2.45) is 30.0 Å². The maximum Gasteiger partial charge on any atom is 0.332 e. The Morgan fingerprint density at radius 3 is 2.51 bits per heavy atom. The lowest BCUT2D eigenvalue weighted by atomic mass is 9.85. The zero-order valence-electron chi connectivity index (χ0n) is 21.7. The molecule has 3 N–H and O–H groups in total. The van der Waals surface area contributed by atoms with E-state index in [-0.39, 0.29) is 22.4 Å². The molecule has 4 atom stereocenters. The number of nitrogens with two attached hydrogens (primary N) is 1. The third-order valence-electron chi connectivity index (χ3n) is 9.78. The fraction of sp³-hybridized carbons (Fsp3) is 0.333. The van der Waals surface area contributed by atoms with Gasteiger partial charge in [0.15, 0.2) is 0 Å². The summed E-state index contributed by atoms with van der Waals surface area (Å²) in [6.45, 7) is 4.09. The molecule has 200 valence electrons. The Morgan fingerprint density at radius 1 is 1.10 bits per heavy atom. The number of anilines is 1. The van der Waals surface area contributed by atoms with Gasteiger partial charge in [0, 0.05) is 61.3 Å². The number of piperidine rings is 1. The number of pyridine rings is 1. The number of fused-ring (bicyclic) bond motifs is 1. The SMILES string of the molecule is Cn1ccn(-c2ccc(-c3cc(F)cc(-c4ccnc(N5CC6CCC7(N)C(C5)C67C)c4)c3O)cc2Cl)c1=O. The molecule has 7 rings (SSSR count). The molecule has 3 aliphatic rings. The zero-order chi connectivity index (χ0) is 27.3. The van der Waals surface area contributed by atoms with Gasteiger partial charge in [-0.05, 0) is 71.7 Å². The lowest BCUT2D eigenvalue weighted by Crippen LogP contribution is -2.41. The van der Waals surface area contributed by atoms with E-state index >= 15 is 0 Å². The van der Waals surface area contributed by atoms with Crippen LogP contribution in [-0.4, -0.2) is 37.9 Å². The molecule has 0 amide bonds. The van der Waals surface area contributed by atoms with Crippen molar-refractivity contribution < 1.29 is 9.50 Å². The van der Waals surface area contributed by atoms with E-state index < -0.39 is 5.82 Å². The molecule has 2 aromatic heterocycles. The molecule has 0 spiro atoms. The van der Waals surface area contributed by atoms with Gasteiger partial charge in [0.25, 0.3) is 0 Å². The van der Waals surface area contributed by atoms with Crippen molar-refractivity contribution >= 4 is 17.4 Å². The lowest BCUT2D eigenvalue weighted by molar-refractivity contribution is 0.282. The summed E-state index contributed by atoms with van der Waals surface area (Å²) in [5.74, 6) is 1.27. The van der Waals surface area contributed by atoms with Crippen molar-refractivity contribution in [1.29, 1.82) is 0 Å². The first-order chi connectivity index (χ1) is 18.6. The van der Waals surface area contributed by atoms with Gasteiger partial charge in [-0.2, -0.15) is 0 Å². The monoisotopic (exact) mass is 545 g/mol. The van der Waals surface area contributed by atoms with Crippen LogP contribution in [0, 0.1) is 23.1 Å². The quantitative estimate of drug-likeness (QED) is 0.378. The summed E-state index contributed by atoms with van der Waals surface area (Å²) in [6, 6.07) is 11.4. The summed E-state index contributed by atoms with van der Waals surface area (Å²) >= 11 is 6.55. The average molecular weight is 546 g/mol. The van der Waals surface area contributed by atoms with E-state index in [2.05, 4.69) is 16.8 Å². The molecule has 2 aliphatic carbocycles. The van der Waals surface area contributed by atoms with Crippen LogP contribution >= 0.6 is 11.6 Å². The van der Waals surface area contributed by atoms with Crippen LogP contribution < -0.4 is 16.3 Å². The van der Waals surface area contributed by atoms with Crippen molar-refractivity contribution in [2.45, 2.75) is 25.3 Å². The number of hydrogen-bond acceptors (Lipinski definition) is 5. The minimum absolute atomic E-state index is 0.0531. The van der Waals surface area contributed by atoms with Gasteiger partial charge in [0.05, 0.1) is 10.7 Å². The van der Waals surface area contributed by atoms with Crippen molar-refractivity contribution in [1.82, 2.24) is 14.1 Å². The van der Waals surface area contributed by atoms with Crippen molar-refractivity contribution in [3.05, 3.63) is 82.4 Å². The summed E-state index contributed by atoms with van der Waals surface area (Å²) in [6.07, 6.45) is 7.20.